The van der Waals surface area contributed by atoms with Gasteiger partial charge in [0.25, 0.3) is 5.56 Å². The highest BCUT2D eigenvalue weighted by Gasteiger charge is 2.09. The van der Waals surface area contributed by atoms with Crippen LogP contribution >= 0.6 is 0 Å². The molecule has 5 heteroatoms. The zero-order valence-corrected chi connectivity index (χ0v) is 9.78. The van der Waals surface area contributed by atoms with E-state index in [-0.39, 0.29) is 17.7 Å². The molecule has 2 aromatic rings. The van der Waals surface area contributed by atoms with Gasteiger partial charge >= 0.3 is 0 Å². The SMILES string of the molecule is Cc1cc(=O)n(Cc2cccc(F)c2F)cc1N. The molecule has 1 heterocycles. The van der Waals surface area contributed by atoms with E-state index < -0.39 is 11.6 Å². The van der Waals surface area contributed by atoms with Gasteiger partial charge in [0.2, 0.25) is 0 Å². The van der Waals surface area contributed by atoms with E-state index in [1.54, 1.807) is 6.92 Å². The van der Waals surface area contributed by atoms with E-state index in [4.69, 9.17) is 5.73 Å². The molecular weight excluding hydrogens is 238 g/mol. The number of rotatable bonds is 2. The fourth-order valence-electron chi connectivity index (χ4n) is 1.66. The number of halogens is 2. The Labute approximate surface area is 102 Å². The lowest BCUT2D eigenvalue weighted by Crippen LogP contribution is -2.21. The van der Waals surface area contributed by atoms with Crippen molar-refractivity contribution in [2.75, 3.05) is 5.73 Å². The van der Waals surface area contributed by atoms with Gasteiger partial charge in [-0.2, -0.15) is 0 Å². The molecule has 0 atom stereocenters. The molecule has 0 bridgehead atoms. The van der Waals surface area contributed by atoms with Crippen molar-refractivity contribution in [3.05, 3.63) is 63.6 Å². The standard InChI is InChI=1S/C13H12F2N2O/c1-8-5-12(18)17(7-11(8)16)6-9-3-2-4-10(14)13(9)15/h2-5,7H,6,16H2,1H3. The van der Waals surface area contributed by atoms with Gasteiger partial charge < -0.3 is 10.3 Å². The minimum Gasteiger partial charge on any atom is -0.397 e. The predicted octanol–water partition coefficient (Wildman–Crippen LogP) is 2.07. The van der Waals surface area contributed by atoms with Crippen LogP contribution in [-0.4, -0.2) is 4.57 Å². The third-order valence-corrected chi connectivity index (χ3v) is 2.75. The van der Waals surface area contributed by atoms with Crippen molar-refractivity contribution in [3.63, 3.8) is 0 Å². The Bertz CT molecular complexity index is 650. The van der Waals surface area contributed by atoms with Gasteiger partial charge in [0.1, 0.15) is 0 Å². The number of benzene rings is 1. The average Bonchev–Trinajstić information content (AvgIpc) is 2.32. The number of aromatic nitrogens is 1. The first-order valence-corrected chi connectivity index (χ1v) is 5.38. The van der Waals surface area contributed by atoms with Gasteiger partial charge in [0.15, 0.2) is 11.6 Å². The van der Waals surface area contributed by atoms with Crippen LogP contribution in [0.1, 0.15) is 11.1 Å². The molecule has 0 saturated carbocycles. The second-order valence-corrected chi connectivity index (χ2v) is 4.09. The van der Waals surface area contributed by atoms with Gasteiger partial charge in [0, 0.05) is 17.8 Å². The maximum Gasteiger partial charge on any atom is 0.251 e. The number of nitrogen functional groups attached to an aromatic ring is 1. The van der Waals surface area contributed by atoms with Gasteiger partial charge in [0.05, 0.1) is 12.2 Å². The van der Waals surface area contributed by atoms with Crippen LogP contribution in [0, 0.1) is 18.6 Å². The molecule has 0 aliphatic rings. The average molecular weight is 250 g/mol. The molecule has 0 amide bonds. The van der Waals surface area contributed by atoms with Crippen LogP contribution in [0.15, 0.2) is 35.3 Å². The lowest BCUT2D eigenvalue weighted by atomic mass is 10.2. The number of nitrogens with zero attached hydrogens (tertiary/aromatic N) is 1. The lowest BCUT2D eigenvalue weighted by Gasteiger charge is -2.09. The molecule has 0 aliphatic heterocycles. The zero-order valence-electron chi connectivity index (χ0n) is 9.78. The Morgan fingerprint density at radius 3 is 2.78 bits per heavy atom. The highest BCUT2D eigenvalue weighted by Crippen LogP contribution is 2.13. The number of hydrogen-bond donors (Lipinski definition) is 1. The number of anilines is 1. The summed E-state index contributed by atoms with van der Waals surface area (Å²) in [6.07, 6.45) is 1.43. The van der Waals surface area contributed by atoms with E-state index in [0.717, 1.165) is 6.07 Å². The molecule has 0 saturated heterocycles. The second-order valence-electron chi connectivity index (χ2n) is 4.09. The molecule has 2 rings (SSSR count). The fourth-order valence-corrected chi connectivity index (χ4v) is 1.66. The third-order valence-electron chi connectivity index (χ3n) is 2.75. The van der Waals surface area contributed by atoms with E-state index in [1.807, 2.05) is 0 Å². The number of pyridine rings is 1. The normalized spacial score (nSPS) is 10.6. The van der Waals surface area contributed by atoms with Crippen LogP contribution < -0.4 is 11.3 Å². The Hall–Kier alpha value is -2.17. The Morgan fingerprint density at radius 2 is 2.06 bits per heavy atom. The van der Waals surface area contributed by atoms with E-state index >= 15 is 0 Å². The van der Waals surface area contributed by atoms with Gasteiger partial charge in [-0.25, -0.2) is 8.78 Å². The van der Waals surface area contributed by atoms with Crippen molar-refractivity contribution >= 4 is 5.69 Å². The topological polar surface area (TPSA) is 48.0 Å². The molecule has 1 aromatic carbocycles. The van der Waals surface area contributed by atoms with Crippen molar-refractivity contribution < 1.29 is 8.78 Å². The molecule has 1 aromatic heterocycles. The molecule has 0 unspecified atom stereocenters. The summed E-state index contributed by atoms with van der Waals surface area (Å²) in [6, 6.07) is 5.23. The van der Waals surface area contributed by atoms with E-state index in [2.05, 4.69) is 0 Å². The molecule has 0 aliphatic carbocycles. The Balaban J connectivity index is 2.43. The van der Waals surface area contributed by atoms with Crippen molar-refractivity contribution in [2.24, 2.45) is 0 Å². The summed E-state index contributed by atoms with van der Waals surface area (Å²) in [5.74, 6) is -1.87. The summed E-state index contributed by atoms with van der Waals surface area (Å²) in [5, 5.41) is 0. The third kappa shape index (κ3) is 2.25. The molecule has 3 nitrogen and oxygen atoms in total. The van der Waals surface area contributed by atoms with Gasteiger partial charge in [-0.3, -0.25) is 4.79 Å². The van der Waals surface area contributed by atoms with E-state index in [0.29, 0.717) is 11.3 Å². The predicted molar refractivity (Wildman–Crippen MR) is 65.3 cm³/mol. The molecule has 0 radical (unpaired) electrons. The Morgan fingerprint density at radius 1 is 1.33 bits per heavy atom. The highest BCUT2D eigenvalue weighted by molar-refractivity contribution is 5.43. The molecule has 0 spiro atoms. The van der Waals surface area contributed by atoms with Gasteiger partial charge in [-0.15, -0.1) is 0 Å². The number of hydrogen-bond acceptors (Lipinski definition) is 2. The number of aryl methyl sites for hydroxylation is 1. The summed E-state index contributed by atoms with van der Waals surface area (Å²) >= 11 is 0. The highest BCUT2D eigenvalue weighted by atomic mass is 19.2. The summed E-state index contributed by atoms with van der Waals surface area (Å²) < 4.78 is 27.8. The smallest absolute Gasteiger partial charge is 0.251 e. The van der Waals surface area contributed by atoms with Crippen LogP contribution in [-0.2, 0) is 6.54 Å². The first-order valence-electron chi connectivity index (χ1n) is 5.38. The van der Waals surface area contributed by atoms with Crippen LogP contribution in [0.5, 0.6) is 0 Å². The van der Waals surface area contributed by atoms with Crippen molar-refractivity contribution in [1.82, 2.24) is 4.57 Å². The quantitative estimate of drug-likeness (QED) is 0.886. The van der Waals surface area contributed by atoms with Crippen LogP contribution in [0.4, 0.5) is 14.5 Å². The first kappa shape index (κ1) is 12.3. The van der Waals surface area contributed by atoms with E-state index in [1.165, 1.54) is 29.0 Å². The molecular formula is C13H12F2N2O. The molecule has 0 fully saturated rings. The Kier molecular flexibility index (Phi) is 3.14. The largest absolute Gasteiger partial charge is 0.397 e. The lowest BCUT2D eigenvalue weighted by molar-refractivity contribution is 0.494. The monoisotopic (exact) mass is 250 g/mol. The molecule has 18 heavy (non-hydrogen) atoms. The van der Waals surface area contributed by atoms with Crippen LogP contribution in [0.3, 0.4) is 0 Å². The van der Waals surface area contributed by atoms with Gasteiger partial charge in [-0.1, -0.05) is 12.1 Å². The molecule has 2 N–H and O–H groups in total. The zero-order chi connectivity index (χ0) is 13.3. The van der Waals surface area contributed by atoms with Gasteiger partial charge in [-0.05, 0) is 18.6 Å². The van der Waals surface area contributed by atoms with Crippen molar-refractivity contribution in [1.29, 1.82) is 0 Å². The van der Waals surface area contributed by atoms with Crippen LogP contribution in [0.25, 0.3) is 0 Å². The second kappa shape index (κ2) is 4.60. The minimum absolute atomic E-state index is 0.0487. The minimum atomic E-state index is -0.941. The maximum atomic E-state index is 13.5. The fraction of sp³-hybridized carbons (Fsp3) is 0.154. The maximum absolute atomic E-state index is 13.5. The summed E-state index contributed by atoms with van der Waals surface area (Å²) in [4.78, 5) is 11.7. The summed E-state index contributed by atoms with van der Waals surface area (Å²) in [6.45, 7) is 1.66. The van der Waals surface area contributed by atoms with Crippen LogP contribution in [0.2, 0.25) is 0 Å². The van der Waals surface area contributed by atoms with Crippen molar-refractivity contribution in [2.45, 2.75) is 13.5 Å². The molecule has 94 valence electrons. The first-order chi connectivity index (χ1) is 8.49. The summed E-state index contributed by atoms with van der Waals surface area (Å²) in [7, 11) is 0. The van der Waals surface area contributed by atoms with Crippen molar-refractivity contribution in [3.8, 4) is 0 Å². The summed E-state index contributed by atoms with van der Waals surface area (Å²) in [5.41, 5.74) is 6.59. The van der Waals surface area contributed by atoms with E-state index in [9.17, 15) is 13.6 Å². The number of nitrogens with two attached hydrogens (primary N) is 1.